The number of carbonyl (C=O) groups excluding carboxylic acids is 3. The third-order valence-corrected chi connectivity index (χ3v) is 4.94. The highest BCUT2D eigenvalue weighted by Crippen LogP contribution is 2.20. The van der Waals surface area contributed by atoms with Crippen molar-refractivity contribution in [1.82, 2.24) is 15.1 Å². The lowest BCUT2D eigenvalue weighted by Gasteiger charge is -2.34. The van der Waals surface area contributed by atoms with Crippen molar-refractivity contribution in [3.05, 3.63) is 53.4 Å². The van der Waals surface area contributed by atoms with E-state index in [0.29, 0.717) is 36.9 Å². The van der Waals surface area contributed by atoms with Gasteiger partial charge in [0, 0.05) is 39.1 Å². The van der Waals surface area contributed by atoms with Crippen molar-refractivity contribution in [3.8, 4) is 0 Å². The normalized spacial score (nSPS) is 14.4. The SMILES string of the molecule is O=C(CN1CCN(C(=O)CCNC(=O)c2ccco2)CC1)Nc1ccccc1Cl. The number of nitrogens with zero attached hydrogens (tertiary/aromatic N) is 2. The van der Waals surface area contributed by atoms with E-state index >= 15 is 0 Å². The minimum absolute atomic E-state index is 0.0232. The Kier molecular flexibility index (Phi) is 7.26. The van der Waals surface area contributed by atoms with E-state index in [-0.39, 0.29) is 43.0 Å². The molecule has 8 nitrogen and oxygen atoms in total. The highest BCUT2D eigenvalue weighted by Gasteiger charge is 2.22. The van der Waals surface area contributed by atoms with Gasteiger partial charge in [0.2, 0.25) is 11.8 Å². The zero-order valence-corrected chi connectivity index (χ0v) is 16.7. The van der Waals surface area contributed by atoms with E-state index in [1.165, 1.54) is 6.26 Å². The topological polar surface area (TPSA) is 94.9 Å². The van der Waals surface area contributed by atoms with Gasteiger partial charge in [0.15, 0.2) is 5.76 Å². The van der Waals surface area contributed by atoms with Crippen molar-refractivity contribution in [2.45, 2.75) is 6.42 Å². The first-order chi connectivity index (χ1) is 14.0. The van der Waals surface area contributed by atoms with Crippen molar-refractivity contribution < 1.29 is 18.8 Å². The maximum atomic E-state index is 12.3. The van der Waals surface area contributed by atoms with Crippen molar-refractivity contribution in [3.63, 3.8) is 0 Å². The van der Waals surface area contributed by atoms with Gasteiger partial charge in [-0.05, 0) is 24.3 Å². The van der Waals surface area contributed by atoms with Crippen LogP contribution in [0.3, 0.4) is 0 Å². The molecule has 2 N–H and O–H groups in total. The minimum Gasteiger partial charge on any atom is -0.459 e. The van der Waals surface area contributed by atoms with Crippen LogP contribution in [0.2, 0.25) is 5.02 Å². The number of piperazine rings is 1. The summed E-state index contributed by atoms with van der Waals surface area (Å²) in [5.41, 5.74) is 0.588. The standard InChI is InChI=1S/C20H23ClN4O4/c21-15-4-1-2-5-16(15)23-18(26)14-24-9-11-25(12-10-24)19(27)7-8-22-20(28)17-6-3-13-29-17/h1-6,13H,7-12,14H2,(H,22,28)(H,23,26). The fourth-order valence-corrected chi connectivity index (χ4v) is 3.23. The number of nitrogens with one attached hydrogen (secondary N) is 2. The molecule has 1 aromatic carbocycles. The number of amides is 3. The number of para-hydroxylation sites is 1. The number of hydrogen-bond acceptors (Lipinski definition) is 5. The average molecular weight is 419 g/mol. The molecule has 0 aliphatic carbocycles. The van der Waals surface area contributed by atoms with Crippen LogP contribution < -0.4 is 10.6 Å². The highest BCUT2D eigenvalue weighted by atomic mass is 35.5. The number of rotatable bonds is 7. The third-order valence-electron chi connectivity index (χ3n) is 4.61. The molecule has 0 unspecified atom stereocenters. The molecule has 1 saturated heterocycles. The maximum Gasteiger partial charge on any atom is 0.286 e. The van der Waals surface area contributed by atoms with Crippen molar-refractivity contribution in [2.75, 3.05) is 44.6 Å². The lowest BCUT2D eigenvalue weighted by Crippen LogP contribution is -2.50. The van der Waals surface area contributed by atoms with E-state index in [4.69, 9.17) is 16.0 Å². The molecule has 154 valence electrons. The zero-order chi connectivity index (χ0) is 20.6. The molecule has 1 aromatic heterocycles. The molecule has 1 aliphatic heterocycles. The lowest BCUT2D eigenvalue weighted by molar-refractivity contribution is -0.132. The molecule has 2 heterocycles. The van der Waals surface area contributed by atoms with Gasteiger partial charge in [0.1, 0.15) is 0 Å². The van der Waals surface area contributed by atoms with Gasteiger partial charge in [-0.1, -0.05) is 23.7 Å². The van der Waals surface area contributed by atoms with Crippen LogP contribution in [-0.4, -0.2) is 66.8 Å². The van der Waals surface area contributed by atoms with Crippen LogP contribution in [-0.2, 0) is 9.59 Å². The van der Waals surface area contributed by atoms with Crippen LogP contribution in [0, 0.1) is 0 Å². The summed E-state index contributed by atoms with van der Waals surface area (Å²) in [5.74, 6) is -0.276. The summed E-state index contributed by atoms with van der Waals surface area (Å²) in [5, 5.41) is 5.96. The molecule has 0 atom stereocenters. The van der Waals surface area contributed by atoms with Crippen LogP contribution >= 0.6 is 11.6 Å². The van der Waals surface area contributed by atoms with Crippen LogP contribution in [0.25, 0.3) is 0 Å². The Morgan fingerprint density at radius 3 is 2.48 bits per heavy atom. The second-order valence-electron chi connectivity index (χ2n) is 6.67. The van der Waals surface area contributed by atoms with E-state index in [1.807, 2.05) is 11.0 Å². The largest absolute Gasteiger partial charge is 0.459 e. The van der Waals surface area contributed by atoms with Crippen LogP contribution in [0.4, 0.5) is 5.69 Å². The monoisotopic (exact) mass is 418 g/mol. The Hall–Kier alpha value is -2.84. The molecular weight excluding hydrogens is 396 g/mol. The second-order valence-corrected chi connectivity index (χ2v) is 7.08. The van der Waals surface area contributed by atoms with Gasteiger partial charge in [-0.25, -0.2) is 0 Å². The highest BCUT2D eigenvalue weighted by molar-refractivity contribution is 6.33. The summed E-state index contributed by atoms with van der Waals surface area (Å²) < 4.78 is 5.00. The van der Waals surface area contributed by atoms with Gasteiger partial charge in [-0.15, -0.1) is 0 Å². The molecule has 29 heavy (non-hydrogen) atoms. The van der Waals surface area contributed by atoms with Gasteiger partial charge in [0.25, 0.3) is 5.91 Å². The van der Waals surface area contributed by atoms with Crippen LogP contribution in [0.5, 0.6) is 0 Å². The maximum absolute atomic E-state index is 12.3. The van der Waals surface area contributed by atoms with Gasteiger partial charge in [0.05, 0.1) is 23.5 Å². The Balaban J connectivity index is 1.35. The van der Waals surface area contributed by atoms with Crippen molar-refractivity contribution >= 4 is 35.0 Å². The number of carbonyl (C=O) groups is 3. The molecule has 0 spiro atoms. The fourth-order valence-electron chi connectivity index (χ4n) is 3.05. The number of anilines is 1. The molecular formula is C20H23ClN4O4. The molecule has 0 bridgehead atoms. The smallest absolute Gasteiger partial charge is 0.286 e. The van der Waals surface area contributed by atoms with Crippen molar-refractivity contribution in [1.29, 1.82) is 0 Å². The number of hydrogen-bond donors (Lipinski definition) is 2. The van der Waals surface area contributed by atoms with Gasteiger partial charge < -0.3 is 20.0 Å². The number of halogens is 1. The fraction of sp³-hybridized carbons (Fsp3) is 0.350. The Morgan fingerprint density at radius 1 is 1.03 bits per heavy atom. The predicted octanol–water partition coefficient (Wildman–Crippen LogP) is 1.84. The molecule has 1 fully saturated rings. The van der Waals surface area contributed by atoms with Gasteiger partial charge >= 0.3 is 0 Å². The summed E-state index contributed by atoms with van der Waals surface area (Å²) in [6.07, 6.45) is 1.65. The quantitative estimate of drug-likeness (QED) is 0.715. The van der Waals surface area contributed by atoms with Gasteiger partial charge in [-0.2, -0.15) is 0 Å². The molecule has 9 heteroatoms. The van der Waals surface area contributed by atoms with E-state index in [0.717, 1.165) is 0 Å². The molecule has 2 aromatic rings. The molecule has 3 rings (SSSR count). The van der Waals surface area contributed by atoms with E-state index in [1.54, 1.807) is 35.2 Å². The van der Waals surface area contributed by atoms with E-state index in [9.17, 15) is 14.4 Å². The molecule has 3 amide bonds. The average Bonchev–Trinajstić information content (AvgIpc) is 3.25. The minimum atomic E-state index is -0.336. The second kappa shape index (κ2) is 10.1. The first kappa shape index (κ1) is 20.9. The summed E-state index contributed by atoms with van der Waals surface area (Å²) in [4.78, 5) is 40.0. The Morgan fingerprint density at radius 2 is 1.79 bits per heavy atom. The molecule has 0 radical (unpaired) electrons. The van der Waals surface area contributed by atoms with E-state index in [2.05, 4.69) is 10.6 Å². The zero-order valence-electron chi connectivity index (χ0n) is 15.9. The van der Waals surface area contributed by atoms with E-state index < -0.39 is 0 Å². The Bertz CT molecular complexity index is 848. The summed E-state index contributed by atoms with van der Waals surface area (Å²) in [7, 11) is 0. The number of furan rings is 1. The first-order valence-electron chi connectivity index (χ1n) is 9.39. The van der Waals surface area contributed by atoms with Crippen LogP contribution in [0.1, 0.15) is 17.0 Å². The van der Waals surface area contributed by atoms with Crippen LogP contribution in [0.15, 0.2) is 47.1 Å². The van der Waals surface area contributed by atoms with Crippen molar-refractivity contribution in [2.24, 2.45) is 0 Å². The number of benzene rings is 1. The lowest BCUT2D eigenvalue weighted by atomic mass is 10.2. The summed E-state index contributed by atoms with van der Waals surface area (Å²) in [6.45, 7) is 2.81. The Labute approximate surface area is 173 Å². The molecule has 1 aliphatic rings. The predicted molar refractivity (Wildman–Crippen MR) is 109 cm³/mol. The summed E-state index contributed by atoms with van der Waals surface area (Å²) in [6, 6.07) is 10.3. The van der Waals surface area contributed by atoms with Gasteiger partial charge in [-0.3, -0.25) is 19.3 Å². The first-order valence-corrected chi connectivity index (χ1v) is 9.77. The molecule has 0 saturated carbocycles. The third kappa shape index (κ3) is 6.07. The summed E-state index contributed by atoms with van der Waals surface area (Å²) >= 11 is 6.05.